The molecule has 3 rings (SSSR count). The van der Waals surface area contributed by atoms with Gasteiger partial charge in [0.25, 0.3) is 0 Å². The maximum atomic E-state index is 9.56. The van der Waals surface area contributed by atoms with E-state index in [-0.39, 0.29) is 12.5 Å². The summed E-state index contributed by atoms with van der Waals surface area (Å²) in [5.41, 5.74) is 9.89. The summed E-state index contributed by atoms with van der Waals surface area (Å²) in [5, 5.41) is 9.56. The van der Waals surface area contributed by atoms with Crippen molar-refractivity contribution < 1.29 is 9.84 Å². The zero-order chi connectivity index (χ0) is 14.1. The molecule has 2 aromatic rings. The number of fused-ring (bicyclic) bond motifs is 1. The van der Waals surface area contributed by atoms with Crippen molar-refractivity contribution >= 4 is 17.1 Å². The fourth-order valence-corrected chi connectivity index (χ4v) is 2.74. The van der Waals surface area contributed by atoms with Crippen LogP contribution in [0.25, 0.3) is 0 Å². The highest BCUT2D eigenvalue weighted by atomic mass is 16.5. The van der Waals surface area contributed by atoms with E-state index in [1.165, 1.54) is 0 Å². The third-order valence-electron chi connectivity index (χ3n) is 3.77. The van der Waals surface area contributed by atoms with Crippen LogP contribution in [-0.4, -0.2) is 25.4 Å². The molecule has 0 radical (unpaired) electrons. The third kappa shape index (κ3) is 2.08. The van der Waals surface area contributed by atoms with Gasteiger partial charge in [-0.1, -0.05) is 12.1 Å². The molecule has 0 bridgehead atoms. The predicted octanol–water partition coefficient (Wildman–Crippen LogP) is 2.50. The first-order chi connectivity index (χ1) is 9.72. The molecule has 1 heterocycles. The Morgan fingerprint density at radius 1 is 1.30 bits per heavy atom. The third-order valence-corrected chi connectivity index (χ3v) is 3.77. The van der Waals surface area contributed by atoms with Gasteiger partial charge in [0.2, 0.25) is 0 Å². The molecule has 0 spiro atoms. The number of methoxy groups -OCH3 is 1. The van der Waals surface area contributed by atoms with Crippen molar-refractivity contribution in [3.63, 3.8) is 0 Å². The summed E-state index contributed by atoms with van der Waals surface area (Å²) < 4.78 is 5.28. The van der Waals surface area contributed by atoms with E-state index >= 15 is 0 Å². The molecule has 104 valence electrons. The molecule has 0 saturated carbocycles. The average molecular weight is 270 g/mol. The first-order valence-corrected chi connectivity index (χ1v) is 6.65. The van der Waals surface area contributed by atoms with Crippen LogP contribution in [0.15, 0.2) is 42.5 Å². The lowest BCUT2D eigenvalue weighted by Gasteiger charge is -2.20. The summed E-state index contributed by atoms with van der Waals surface area (Å²) in [6.07, 6.45) is 0. The van der Waals surface area contributed by atoms with E-state index in [1.807, 2.05) is 42.5 Å². The first kappa shape index (κ1) is 12.8. The van der Waals surface area contributed by atoms with Gasteiger partial charge in [0.05, 0.1) is 13.7 Å². The summed E-state index contributed by atoms with van der Waals surface area (Å²) in [7, 11) is 1.66. The Kier molecular flexibility index (Phi) is 3.24. The summed E-state index contributed by atoms with van der Waals surface area (Å²) in [4.78, 5) is 2.18. The van der Waals surface area contributed by atoms with E-state index in [2.05, 4.69) is 4.90 Å². The van der Waals surface area contributed by atoms with Gasteiger partial charge in [-0.25, -0.2) is 0 Å². The van der Waals surface area contributed by atoms with Gasteiger partial charge in [-0.2, -0.15) is 0 Å². The molecule has 0 fully saturated rings. The molecule has 3 N–H and O–H groups in total. The lowest BCUT2D eigenvalue weighted by Crippen LogP contribution is -2.17. The number of anilines is 3. The second-order valence-corrected chi connectivity index (χ2v) is 5.01. The molecule has 1 unspecified atom stereocenters. The summed E-state index contributed by atoms with van der Waals surface area (Å²) in [6.45, 7) is 0.889. The number of nitrogens with zero attached hydrogens (tertiary/aromatic N) is 1. The van der Waals surface area contributed by atoms with Crippen LogP contribution in [0.3, 0.4) is 0 Å². The Labute approximate surface area is 118 Å². The van der Waals surface area contributed by atoms with Crippen molar-refractivity contribution in [1.29, 1.82) is 0 Å². The molecule has 1 aliphatic heterocycles. The molecule has 2 aromatic carbocycles. The highest BCUT2D eigenvalue weighted by molar-refractivity contribution is 5.74. The van der Waals surface area contributed by atoms with Crippen LogP contribution in [0.4, 0.5) is 17.1 Å². The molecule has 0 aromatic heterocycles. The van der Waals surface area contributed by atoms with Gasteiger partial charge in [0.1, 0.15) is 5.75 Å². The van der Waals surface area contributed by atoms with Gasteiger partial charge in [-0.15, -0.1) is 0 Å². The highest BCUT2D eigenvalue weighted by Crippen LogP contribution is 2.42. The standard InChI is InChI=1S/C16H18N2O2/c1-20-14-4-2-3-13(8-14)18-9-11(10-19)15-6-5-12(17)7-16(15)18/h2-8,11,19H,9-10,17H2,1H3. The Morgan fingerprint density at radius 2 is 2.15 bits per heavy atom. The van der Waals surface area contributed by atoms with Crippen molar-refractivity contribution in [2.45, 2.75) is 5.92 Å². The molecule has 1 aliphatic rings. The highest BCUT2D eigenvalue weighted by Gasteiger charge is 2.29. The molecule has 20 heavy (non-hydrogen) atoms. The molecule has 0 aliphatic carbocycles. The summed E-state index contributed by atoms with van der Waals surface area (Å²) in [5.74, 6) is 0.942. The van der Waals surface area contributed by atoms with Crippen LogP contribution < -0.4 is 15.4 Å². The van der Waals surface area contributed by atoms with Gasteiger partial charge in [0, 0.05) is 35.6 Å². The minimum atomic E-state index is 0.122. The molecule has 1 atom stereocenters. The topological polar surface area (TPSA) is 58.7 Å². The van der Waals surface area contributed by atoms with Crippen LogP contribution in [0.2, 0.25) is 0 Å². The van der Waals surface area contributed by atoms with Crippen LogP contribution in [-0.2, 0) is 0 Å². The summed E-state index contributed by atoms with van der Waals surface area (Å²) >= 11 is 0. The zero-order valence-corrected chi connectivity index (χ0v) is 11.4. The van der Waals surface area contributed by atoms with Crippen molar-refractivity contribution in [2.24, 2.45) is 0 Å². The van der Waals surface area contributed by atoms with Gasteiger partial charge < -0.3 is 20.5 Å². The van der Waals surface area contributed by atoms with E-state index in [0.717, 1.165) is 34.9 Å². The quantitative estimate of drug-likeness (QED) is 0.841. The molecule has 0 saturated heterocycles. The fourth-order valence-electron chi connectivity index (χ4n) is 2.74. The van der Waals surface area contributed by atoms with Crippen molar-refractivity contribution in [1.82, 2.24) is 0 Å². The molecule has 4 heteroatoms. The minimum Gasteiger partial charge on any atom is -0.497 e. The smallest absolute Gasteiger partial charge is 0.120 e. The minimum absolute atomic E-state index is 0.122. The number of hydrogen-bond donors (Lipinski definition) is 2. The SMILES string of the molecule is COc1cccc(N2CC(CO)c3ccc(N)cc32)c1. The van der Waals surface area contributed by atoms with Gasteiger partial charge in [-0.05, 0) is 29.8 Å². The average Bonchev–Trinajstić information content (AvgIpc) is 2.85. The lowest BCUT2D eigenvalue weighted by atomic mass is 10.0. The molecular formula is C16H18N2O2. The lowest BCUT2D eigenvalue weighted by molar-refractivity contribution is 0.271. The second-order valence-electron chi connectivity index (χ2n) is 5.01. The normalized spacial score (nSPS) is 17.1. The van der Waals surface area contributed by atoms with Gasteiger partial charge >= 0.3 is 0 Å². The number of aliphatic hydroxyl groups is 1. The molecule has 0 amide bonds. The Balaban J connectivity index is 2.05. The second kappa shape index (κ2) is 5.06. The number of nitrogen functional groups attached to an aromatic ring is 1. The molecule has 4 nitrogen and oxygen atoms in total. The maximum absolute atomic E-state index is 9.56. The number of rotatable bonds is 3. The number of ether oxygens (including phenoxy) is 1. The van der Waals surface area contributed by atoms with Gasteiger partial charge in [0.15, 0.2) is 0 Å². The van der Waals surface area contributed by atoms with E-state index in [9.17, 15) is 5.11 Å². The maximum Gasteiger partial charge on any atom is 0.120 e. The van der Waals surface area contributed by atoms with Crippen molar-refractivity contribution in [3.8, 4) is 5.75 Å². The number of benzene rings is 2. The summed E-state index contributed by atoms with van der Waals surface area (Å²) in [6, 6.07) is 13.8. The zero-order valence-electron chi connectivity index (χ0n) is 11.4. The van der Waals surface area contributed by atoms with Crippen molar-refractivity contribution in [2.75, 3.05) is 30.9 Å². The van der Waals surface area contributed by atoms with E-state index in [1.54, 1.807) is 7.11 Å². The fraction of sp³-hybridized carbons (Fsp3) is 0.250. The number of hydrogen-bond acceptors (Lipinski definition) is 4. The van der Waals surface area contributed by atoms with E-state index < -0.39 is 0 Å². The Bertz CT molecular complexity index is 628. The van der Waals surface area contributed by atoms with E-state index in [4.69, 9.17) is 10.5 Å². The number of aliphatic hydroxyl groups excluding tert-OH is 1. The van der Waals surface area contributed by atoms with Crippen LogP contribution in [0, 0.1) is 0 Å². The van der Waals surface area contributed by atoms with Gasteiger partial charge in [-0.3, -0.25) is 0 Å². The number of nitrogens with two attached hydrogens (primary N) is 1. The largest absolute Gasteiger partial charge is 0.497 e. The van der Waals surface area contributed by atoms with Crippen LogP contribution >= 0.6 is 0 Å². The predicted molar refractivity (Wildman–Crippen MR) is 80.7 cm³/mol. The monoisotopic (exact) mass is 270 g/mol. The molecular weight excluding hydrogens is 252 g/mol. The van der Waals surface area contributed by atoms with Crippen molar-refractivity contribution in [3.05, 3.63) is 48.0 Å². The van der Waals surface area contributed by atoms with Crippen LogP contribution in [0.1, 0.15) is 11.5 Å². The first-order valence-electron chi connectivity index (χ1n) is 6.65. The Hall–Kier alpha value is -2.20. The van der Waals surface area contributed by atoms with E-state index in [0.29, 0.717) is 0 Å². The van der Waals surface area contributed by atoms with Crippen LogP contribution in [0.5, 0.6) is 5.75 Å². The Morgan fingerprint density at radius 3 is 2.90 bits per heavy atom.